The number of aromatic amines is 1. The summed E-state index contributed by atoms with van der Waals surface area (Å²) in [5.41, 5.74) is 0.925. The van der Waals surface area contributed by atoms with Crippen LogP contribution in [0.4, 0.5) is 0 Å². The minimum atomic E-state index is 0.925. The minimum Gasteiger partial charge on any atom is -0.331 e. The Kier molecular flexibility index (Phi) is 1.41. The van der Waals surface area contributed by atoms with Crippen LogP contribution in [0.5, 0.6) is 0 Å². The van der Waals surface area contributed by atoms with Crippen LogP contribution in [0.1, 0.15) is 0 Å². The molecule has 4 aromatic heterocycles. The lowest BCUT2D eigenvalue weighted by Crippen LogP contribution is -1.75. The fraction of sp³-hybridized carbons (Fsp3) is 0. The van der Waals surface area contributed by atoms with Gasteiger partial charge in [-0.25, -0.2) is 15.0 Å². The fourth-order valence-corrected chi connectivity index (χ4v) is 3.04. The van der Waals surface area contributed by atoms with Crippen molar-refractivity contribution in [3.63, 3.8) is 0 Å². The van der Waals surface area contributed by atoms with Gasteiger partial charge in [0.15, 0.2) is 0 Å². The topological polar surface area (TPSA) is 54.5 Å². The van der Waals surface area contributed by atoms with Gasteiger partial charge in [0.1, 0.15) is 21.6 Å². The number of thiophene rings is 1. The molecule has 4 rings (SSSR count). The highest BCUT2D eigenvalue weighted by Gasteiger charge is 2.12. The number of hydrogen-bond donors (Lipinski definition) is 1. The monoisotopic (exact) mass is 226 g/mol. The van der Waals surface area contributed by atoms with Crippen LogP contribution in [0.2, 0.25) is 0 Å². The van der Waals surface area contributed by atoms with Crippen molar-refractivity contribution < 1.29 is 0 Å². The van der Waals surface area contributed by atoms with Gasteiger partial charge in [-0.1, -0.05) is 11.3 Å². The molecule has 0 saturated heterocycles. The second kappa shape index (κ2) is 2.76. The van der Waals surface area contributed by atoms with Gasteiger partial charge >= 0.3 is 0 Å². The van der Waals surface area contributed by atoms with Crippen molar-refractivity contribution >= 4 is 42.8 Å². The molecule has 0 radical (unpaired) electrons. The summed E-state index contributed by atoms with van der Waals surface area (Å²) in [4.78, 5) is 18.1. The number of nitrogens with zero attached hydrogens (tertiary/aromatic N) is 3. The number of H-pyrrole nitrogens is 1. The van der Waals surface area contributed by atoms with E-state index in [-0.39, 0.29) is 0 Å². The van der Waals surface area contributed by atoms with Crippen molar-refractivity contribution in [2.24, 2.45) is 0 Å². The first-order valence-corrected chi connectivity index (χ1v) is 5.70. The molecule has 5 heteroatoms. The van der Waals surface area contributed by atoms with Gasteiger partial charge in [0, 0.05) is 28.6 Å². The predicted octanol–water partition coefficient (Wildman–Crippen LogP) is 2.72. The maximum absolute atomic E-state index is 4.31. The van der Waals surface area contributed by atoms with E-state index in [1.807, 2.05) is 12.3 Å². The van der Waals surface area contributed by atoms with Gasteiger partial charge in [0.25, 0.3) is 0 Å². The third-order valence-corrected chi connectivity index (χ3v) is 3.71. The quantitative estimate of drug-likeness (QED) is 0.501. The zero-order valence-corrected chi connectivity index (χ0v) is 8.95. The summed E-state index contributed by atoms with van der Waals surface area (Å²) in [7, 11) is 0. The molecule has 0 fully saturated rings. The van der Waals surface area contributed by atoms with Gasteiger partial charge in [-0.2, -0.15) is 0 Å². The highest BCUT2D eigenvalue weighted by molar-refractivity contribution is 7.25. The van der Waals surface area contributed by atoms with E-state index in [1.54, 1.807) is 23.9 Å². The molecule has 4 heterocycles. The van der Waals surface area contributed by atoms with Crippen LogP contribution < -0.4 is 0 Å². The molecule has 0 bridgehead atoms. The molecule has 0 unspecified atom stereocenters. The maximum Gasteiger partial charge on any atom is 0.138 e. The molecule has 1 N–H and O–H groups in total. The molecule has 16 heavy (non-hydrogen) atoms. The van der Waals surface area contributed by atoms with Crippen LogP contribution in [0.15, 0.2) is 30.9 Å². The standard InChI is InChI=1S/C11H6N4S/c1-2-6-8-7-4-12-5-14-10(7)16-11(8)15-9(6)13-3-1/h1-5H,(H,13,15). The SMILES string of the molecule is c1cnc2[nH]c3sc4ncncc4c3c2c1. The maximum atomic E-state index is 4.31. The van der Waals surface area contributed by atoms with Gasteiger partial charge < -0.3 is 4.98 Å². The highest BCUT2D eigenvalue weighted by atomic mass is 32.1. The van der Waals surface area contributed by atoms with Crippen LogP contribution in [-0.2, 0) is 0 Å². The van der Waals surface area contributed by atoms with Gasteiger partial charge in [-0.05, 0) is 12.1 Å². The molecule has 0 saturated carbocycles. The zero-order valence-electron chi connectivity index (χ0n) is 8.14. The van der Waals surface area contributed by atoms with E-state index in [4.69, 9.17) is 0 Å². The molecule has 0 aliphatic rings. The number of nitrogens with one attached hydrogen (secondary N) is 1. The van der Waals surface area contributed by atoms with Crippen molar-refractivity contribution in [2.75, 3.05) is 0 Å². The van der Waals surface area contributed by atoms with E-state index in [9.17, 15) is 0 Å². The lowest BCUT2D eigenvalue weighted by Gasteiger charge is -1.89. The lowest BCUT2D eigenvalue weighted by atomic mass is 10.2. The predicted molar refractivity (Wildman–Crippen MR) is 64.6 cm³/mol. The molecule has 4 nitrogen and oxygen atoms in total. The molecule has 0 aliphatic heterocycles. The van der Waals surface area contributed by atoms with Gasteiger partial charge in [-0.15, -0.1) is 0 Å². The van der Waals surface area contributed by atoms with Crippen molar-refractivity contribution in [3.05, 3.63) is 30.9 Å². The number of hydrogen-bond acceptors (Lipinski definition) is 4. The second-order valence-electron chi connectivity index (χ2n) is 3.57. The van der Waals surface area contributed by atoms with E-state index in [0.717, 1.165) is 26.1 Å². The van der Waals surface area contributed by atoms with Crippen LogP contribution in [0.25, 0.3) is 31.5 Å². The molecule has 0 aliphatic carbocycles. The number of aromatic nitrogens is 4. The highest BCUT2D eigenvalue weighted by Crippen LogP contribution is 2.35. The normalized spacial score (nSPS) is 11.8. The van der Waals surface area contributed by atoms with E-state index < -0.39 is 0 Å². The second-order valence-corrected chi connectivity index (χ2v) is 4.57. The van der Waals surface area contributed by atoms with E-state index in [0.29, 0.717) is 0 Å². The average Bonchev–Trinajstić information content (AvgIpc) is 2.83. The van der Waals surface area contributed by atoms with Crippen LogP contribution in [-0.4, -0.2) is 19.9 Å². The Labute approximate surface area is 94.0 Å². The minimum absolute atomic E-state index is 0.925. The van der Waals surface area contributed by atoms with Crippen LogP contribution in [0.3, 0.4) is 0 Å². The zero-order chi connectivity index (χ0) is 10.5. The molecule has 0 atom stereocenters. The Balaban J connectivity index is 2.38. The summed E-state index contributed by atoms with van der Waals surface area (Å²) in [5.74, 6) is 0. The Morgan fingerprint density at radius 2 is 2.19 bits per heavy atom. The summed E-state index contributed by atoms with van der Waals surface area (Å²) in [6, 6.07) is 4.02. The first kappa shape index (κ1) is 8.18. The Morgan fingerprint density at radius 1 is 1.19 bits per heavy atom. The fourth-order valence-electron chi connectivity index (χ4n) is 2.01. The van der Waals surface area contributed by atoms with Gasteiger partial charge in [0.2, 0.25) is 0 Å². The molecule has 4 aromatic rings. The lowest BCUT2D eigenvalue weighted by molar-refractivity contribution is 1.24. The Bertz CT molecular complexity index is 749. The molecule has 0 aromatic carbocycles. The first-order chi connectivity index (χ1) is 7.93. The largest absolute Gasteiger partial charge is 0.331 e. The van der Waals surface area contributed by atoms with E-state index in [1.165, 1.54) is 5.39 Å². The summed E-state index contributed by atoms with van der Waals surface area (Å²) in [6.07, 6.45) is 5.24. The van der Waals surface area contributed by atoms with Gasteiger partial charge in [-0.3, -0.25) is 0 Å². The smallest absolute Gasteiger partial charge is 0.138 e. The Morgan fingerprint density at radius 3 is 3.19 bits per heavy atom. The van der Waals surface area contributed by atoms with Gasteiger partial charge in [0.05, 0.1) is 0 Å². The van der Waals surface area contributed by atoms with Crippen LogP contribution in [0, 0.1) is 0 Å². The van der Waals surface area contributed by atoms with Crippen molar-refractivity contribution in [3.8, 4) is 0 Å². The first-order valence-electron chi connectivity index (χ1n) is 4.88. The summed E-state index contributed by atoms with van der Waals surface area (Å²) >= 11 is 1.64. The van der Waals surface area contributed by atoms with E-state index >= 15 is 0 Å². The molecule has 76 valence electrons. The van der Waals surface area contributed by atoms with Crippen molar-refractivity contribution in [1.82, 2.24) is 19.9 Å². The molecular weight excluding hydrogens is 220 g/mol. The number of rotatable bonds is 0. The third kappa shape index (κ3) is 0.906. The van der Waals surface area contributed by atoms with Crippen molar-refractivity contribution in [2.45, 2.75) is 0 Å². The van der Waals surface area contributed by atoms with Crippen molar-refractivity contribution in [1.29, 1.82) is 0 Å². The Hall–Kier alpha value is -2.01. The number of fused-ring (bicyclic) bond motifs is 5. The molecule has 0 amide bonds. The molecule has 0 spiro atoms. The average molecular weight is 226 g/mol. The summed E-state index contributed by atoms with van der Waals surface area (Å²) in [5, 5.41) is 3.42. The van der Waals surface area contributed by atoms with E-state index in [2.05, 4.69) is 26.0 Å². The summed E-state index contributed by atoms with van der Waals surface area (Å²) < 4.78 is 0. The summed E-state index contributed by atoms with van der Waals surface area (Å²) in [6.45, 7) is 0. The molecular formula is C11H6N4S. The van der Waals surface area contributed by atoms with Crippen LogP contribution >= 0.6 is 11.3 Å². The third-order valence-electron chi connectivity index (χ3n) is 2.68. The number of pyridine rings is 1.